The van der Waals surface area contributed by atoms with Crippen molar-refractivity contribution >= 4 is 0 Å². The molecule has 18 heavy (non-hydrogen) atoms. The normalized spacial score (nSPS) is 24.1. The van der Waals surface area contributed by atoms with Crippen molar-refractivity contribution in [3.05, 3.63) is 35.4 Å². The molecule has 0 unspecified atom stereocenters. The fraction of sp³-hybridized carbons (Fsp3) is 0.600. The van der Waals surface area contributed by atoms with Crippen molar-refractivity contribution in [1.29, 1.82) is 0 Å². The number of ether oxygens (including phenoxy) is 1. The van der Waals surface area contributed by atoms with Crippen molar-refractivity contribution in [2.45, 2.75) is 51.0 Å². The van der Waals surface area contributed by atoms with Crippen molar-refractivity contribution < 1.29 is 9.84 Å². The largest absolute Gasteiger partial charge is 0.392 e. The Labute approximate surface area is 109 Å². The van der Waals surface area contributed by atoms with E-state index in [4.69, 9.17) is 9.84 Å². The second-order valence-corrected chi connectivity index (χ2v) is 5.07. The Hall–Kier alpha value is -0.900. The smallest absolute Gasteiger partial charge is 0.0681 e. The quantitative estimate of drug-likeness (QED) is 0.841. The Balaban J connectivity index is 1.77. The zero-order chi connectivity index (χ0) is 12.8. The predicted octanol–water partition coefficient (Wildman–Crippen LogP) is 2.23. The first-order valence-corrected chi connectivity index (χ1v) is 6.76. The maximum absolute atomic E-state index is 9.10. The van der Waals surface area contributed by atoms with Crippen LogP contribution in [0.4, 0.5) is 0 Å². The summed E-state index contributed by atoms with van der Waals surface area (Å²) in [5.74, 6) is 0. The summed E-state index contributed by atoms with van der Waals surface area (Å²) in [6.07, 6.45) is 5.16. The van der Waals surface area contributed by atoms with Crippen LogP contribution in [0, 0.1) is 0 Å². The molecule has 0 heterocycles. The van der Waals surface area contributed by atoms with E-state index in [-0.39, 0.29) is 6.61 Å². The standard InChI is InChI=1S/C15H23NO2/c1-18-15-7-5-14(6-8-15)16-10-12-3-2-4-13(9-12)11-17/h2-4,9,14-17H,5-8,10-11H2,1H3. The zero-order valence-electron chi connectivity index (χ0n) is 11.1. The molecular formula is C15H23NO2. The molecule has 1 aliphatic rings. The van der Waals surface area contributed by atoms with Gasteiger partial charge in [0.15, 0.2) is 0 Å². The first kappa shape index (κ1) is 13.5. The van der Waals surface area contributed by atoms with Crippen molar-refractivity contribution in [1.82, 2.24) is 5.32 Å². The van der Waals surface area contributed by atoms with Gasteiger partial charge in [0, 0.05) is 19.7 Å². The molecule has 0 aliphatic heterocycles. The lowest BCUT2D eigenvalue weighted by Gasteiger charge is -2.28. The lowest BCUT2D eigenvalue weighted by Crippen LogP contribution is -2.34. The molecule has 100 valence electrons. The highest BCUT2D eigenvalue weighted by Crippen LogP contribution is 2.21. The highest BCUT2D eigenvalue weighted by molar-refractivity contribution is 5.22. The molecule has 0 amide bonds. The van der Waals surface area contributed by atoms with E-state index >= 15 is 0 Å². The summed E-state index contributed by atoms with van der Waals surface area (Å²) < 4.78 is 5.38. The highest BCUT2D eigenvalue weighted by atomic mass is 16.5. The number of hydrogen-bond acceptors (Lipinski definition) is 3. The molecule has 1 fully saturated rings. The molecular weight excluding hydrogens is 226 g/mol. The summed E-state index contributed by atoms with van der Waals surface area (Å²) in [4.78, 5) is 0. The van der Waals surface area contributed by atoms with Crippen LogP contribution in [0.1, 0.15) is 36.8 Å². The fourth-order valence-electron chi connectivity index (χ4n) is 2.60. The molecule has 2 N–H and O–H groups in total. The molecule has 0 spiro atoms. The van der Waals surface area contributed by atoms with Gasteiger partial charge >= 0.3 is 0 Å². The molecule has 0 atom stereocenters. The molecule has 1 aromatic rings. The van der Waals surface area contributed by atoms with Crippen LogP contribution in [0.15, 0.2) is 24.3 Å². The molecule has 1 saturated carbocycles. The average Bonchev–Trinajstić information content (AvgIpc) is 2.46. The Kier molecular flexibility index (Phi) is 5.17. The van der Waals surface area contributed by atoms with Gasteiger partial charge in [0.05, 0.1) is 12.7 Å². The number of benzene rings is 1. The van der Waals surface area contributed by atoms with Crippen molar-refractivity contribution in [2.24, 2.45) is 0 Å². The van der Waals surface area contributed by atoms with Crippen LogP contribution in [-0.4, -0.2) is 24.4 Å². The van der Waals surface area contributed by atoms with Gasteiger partial charge in [-0.25, -0.2) is 0 Å². The average molecular weight is 249 g/mol. The first-order valence-electron chi connectivity index (χ1n) is 6.76. The van der Waals surface area contributed by atoms with E-state index in [2.05, 4.69) is 17.4 Å². The maximum atomic E-state index is 9.10. The van der Waals surface area contributed by atoms with Gasteiger partial charge < -0.3 is 15.2 Å². The summed E-state index contributed by atoms with van der Waals surface area (Å²) in [6, 6.07) is 8.73. The van der Waals surface area contributed by atoms with Crippen LogP contribution in [0.25, 0.3) is 0 Å². The topological polar surface area (TPSA) is 41.5 Å². The Morgan fingerprint density at radius 1 is 1.22 bits per heavy atom. The summed E-state index contributed by atoms with van der Waals surface area (Å²) in [5, 5.41) is 12.7. The van der Waals surface area contributed by atoms with Gasteiger partial charge in [-0.2, -0.15) is 0 Å². The molecule has 1 aliphatic carbocycles. The molecule has 1 aromatic carbocycles. The van der Waals surface area contributed by atoms with Crippen molar-refractivity contribution in [3.63, 3.8) is 0 Å². The van der Waals surface area contributed by atoms with E-state index in [1.807, 2.05) is 12.1 Å². The Morgan fingerprint density at radius 3 is 2.61 bits per heavy atom. The lowest BCUT2D eigenvalue weighted by molar-refractivity contribution is 0.0624. The van der Waals surface area contributed by atoms with Crippen LogP contribution >= 0.6 is 0 Å². The van der Waals surface area contributed by atoms with Crippen LogP contribution in [-0.2, 0) is 17.9 Å². The summed E-state index contributed by atoms with van der Waals surface area (Å²) >= 11 is 0. The van der Waals surface area contributed by atoms with Crippen LogP contribution < -0.4 is 5.32 Å². The second-order valence-electron chi connectivity index (χ2n) is 5.07. The van der Waals surface area contributed by atoms with Gasteiger partial charge in [0.25, 0.3) is 0 Å². The van der Waals surface area contributed by atoms with E-state index in [9.17, 15) is 0 Å². The number of methoxy groups -OCH3 is 1. The minimum Gasteiger partial charge on any atom is -0.392 e. The number of rotatable bonds is 5. The van der Waals surface area contributed by atoms with Gasteiger partial charge in [0.2, 0.25) is 0 Å². The third kappa shape index (κ3) is 3.80. The summed E-state index contributed by atoms with van der Waals surface area (Å²) in [7, 11) is 1.80. The predicted molar refractivity (Wildman–Crippen MR) is 72.3 cm³/mol. The monoisotopic (exact) mass is 249 g/mol. The van der Waals surface area contributed by atoms with Gasteiger partial charge in [0.1, 0.15) is 0 Å². The number of aliphatic hydroxyl groups is 1. The lowest BCUT2D eigenvalue weighted by atomic mass is 9.93. The second kappa shape index (κ2) is 6.88. The highest BCUT2D eigenvalue weighted by Gasteiger charge is 2.19. The van der Waals surface area contributed by atoms with Crippen LogP contribution in [0.2, 0.25) is 0 Å². The minimum atomic E-state index is 0.118. The molecule has 2 rings (SSSR count). The Bertz CT molecular complexity index is 359. The first-order chi connectivity index (χ1) is 8.81. The molecule has 0 saturated heterocycles. The minimum absolute atomic E-state index is 0.118. The van der Waals surface area contributed by atoms with Gasteiger partial charge in [-0.3, -0.25) is 0 Å². The van der Waals surface area contributed by atoms with Gasteiger partial charge in [-0.15, -0.1) is 0 Å². The molecule has 0 radical (unpaired) electrons. The van der Waals surface area contributed by atoms with E-state index in [1.165, 1.54) is 18.4 Å². The van der Waals surface area contributed by atoms with E-state index in [0.717, 1.165) is 24.9 Å². The fourth-order valence-corrected chi connectivity index (χ4v) is 2.60. The van der Waals surface area contributed by atoms with Crippen molar-refractivity contribution in [3.8, 4) is 0 Å². The van der Waals surface area contributed by atoms with E-state index < -0.39 is 0 Å². The summed E-state index contributed by atoms with van der Waals surface area (Å²) in [6.45, 7) is 1.00. The zero-order valence-corrected chi connectivity index (χ0v) is 11.1. The number of hydrogen-bond donors (Lipinski definition) is 2. The SMILES string of the molecule is COC1CCC(NCc2cccc(CO)c2)CC1. The van der Waals surface area contributed by atoms with E-state index in [0.29, 0.717) is 12.1 Å². The van der Waals surface area contributed by atoms with Crippen LogP contribution in [0.5, 0.6) is 0 Å². The molecule has 0 bridgehead atoms. The molecule has 3 heteroatoms. The summed E-state index contributed by atoms with van der Waals surface area (Å²) in [5.41, 5.74) is 2.23. The Morgan fingerprint density at radius 2 is 1.94 bits per heavy atom. The third-order valence-corrected chi connectivity index (χ3v) is 3.78. The number of aliphatic hydroxyl groups excluding tert-OH is 1. The van der Waals surface area contributed by atoms with Gasteiger partial charge in [-0.1, -0.05) is 24.3 Å². The molecule has 3 nitrogen and oxygen atoms in total. The van der Waals surface area contributed by atoms with E-state index in [1.54, 1.807) is 7.11 Å². The third-order valence-electron chi connectivity index (χ3n) is 3.78. The maximum Gasteiger partial charge on any atom is 0.0681 e. The van der Waals surface area contributed by atoms with Crippen molar-refractivity contribution in [2.75, 3.05) is 7.11 Å². The number of nitrogens with one attached hydrogen (secondary N) is 1. The molecule has 0 aromatic heterocycles. The van der Waals surface area contributed by atoms with Crippen LogP contribution in [0.3, 0.4) is 0 Å². The van der Waals surface area contributed by atoms with Gasteiger partial charge in [-0.05, 0) is 36.8 Å².